The SMILES string of the molecule is COc1ccc(Cl)cc1NC(=O)[C@H](C)N1CCN(Cc2ccccc2)CC1. The minimum absolute atomic E-state index is 0.0490. The van der Waals surface area contributed by atoms with Crippen LogP contribution in [0.25, 0.3) is 0 Å². The van der Waals surface area contributed by atoms with Crippen LogP contribution in [-0.4, -0.2) is 55.0 Å². The molecule has 5 nitrogen and oxygen atoms in total. The average Bonchev–Trinajstić information content (AvgIpc) is 2.69. The second-order valence-electron chi connectivity index (χ2n) is 6.81. The summed E-state index contributed by atoms with van der Waals surface area (Å²) in [7, 11) is 1.58. The number of nitrogens with one attached hydrogen (secondary N) is 1. The molecular formula is C21H26ClN3O2. The molecule has 0 saturated carbocycles. The molecule has 1 amide bonds. The number of hydrogen-bond donors (Lipinski definition) is 1. The van der Waals surface area contributed by atoms with Crippen molar-refractivity contribution in [2.75, 3.05) is 38.6 Å². The van der Waals surface area contributed by atoms with Gasteiger partial charge in [-0.2, -0.15) is 0 Å². The first-order chi connectivity index (χ1) is 13.1. The second kappa shape index (κ2) is 9.22. The molecule has 1 atom stereocenters. The molecule has 2 aromatic rings. The molecule has 1 aliphatic heterocycles. The van der Waals surface area contributed by atoms with Crippen molar-refractivity contribution in [2.24, 2.45) is 0 Å². The van der Waals surface area contributed by atoms with Crippen LogP contribution in [0, 0.1) is 0 Å². The third-order valence-corrected chi connectivity index (χ3v) is 5.24. The van der Waals surface area contributed by atoms with Crippen LogP contribution in [-0.2, 0) is 11.3 Å². The number of anilines is 1. The van der Waals surface area contributed by atoms with Crippen LogP contribution in [0.1, 0.15) is 12.5 Å². The second-order valence-corrected chi connectivity index (χ2v) is 7.24. The number of amides is 1. The number of piperazine rings is 1. The van der Waals surface area contributed by atoms with Crippen molar-refractivity contribution in [3.05, 3.63) is 59.1 Å². The standard InChI is InChI=1S/C21H26ClN3O2/c1-16(21(26)23-19-14-18(22)8-9-20(19)27-2)25-12-10-24(11-13-25)15-17-6-4-3-5-7-17/h3-9,14,16H,10-13,15H2,1-2H3,(H,23,26)/t16-/m0/s1. The van der Waals surface area contributed by atoms with E-state index in [9.17, 15) is 4.79 Å². The Morgan fingerprint density at radius 2 is 1.85 bits per heavy atom. The average molecular weight is 388 g/mol. The summed E-state index contributed by atoms with van der Waals surface area (Å²) in [6, 6.07) is 15.5. The minimum atomic E-state index is -0.215. The van der Waals surface area contributed by atoms with E-state index in [4.69, 9.17) is 16.3 Å². The molecule has 1 aliphatic rings. The van der Waals surface area contributed by atoms with E-state index in [0.29, 0.717) is 16.5 Å². The summed E-state index contributed by atoms with van der Waals surface area (Å²) in [5.74, 6) is 0.555. The molecule has 1 N–H and O–H groups in total. The number of carbonyl (C=O) groups excluding carboxylic acids is 1. The molecule has 1 fully saturated rings. The predicted molar refractivity (Wildman–Crippen MR) is 109 cm³/mol. The fourth-order valence-corrected chi connectivity index (χ4v) is 3.50. The molecule has 1 heterocycles. The quantitative estimate of drug-likeness (QED) is 0.824. The van der Waals surface area contributed by atoms with Crippen LogP contribution >= 0.6 is 11.6 Å². The number of rotatable bonds is 6. The van der Waals surface area contributed by atoms with Gasteiger partial charge in [-0.1, -0.05) is 41.9 Å². The molecule has 1 saturated heterocycles. The molecule has 2 aromatic carbocycles. The van der Waals surface area contributed by atoms with Crippen LogP contribution in [0.15, 0.2) is 48.5 Å². The van der Waals surface area contributed by atoms with Gasteiger partial charge in [0.2, 0.25) is 5.91 Å². The highest BCUT2D eigenvalue weighted by Gasteiger charge is 2.26. The number of methoxy groups -OCH3 is 1. The maximum atomic E-state index is 12.7. The van der Waals surface area contributed by atoms with E-state index in [1.165, 1.54) is 5.56 Å². The Labute approximate surface area is 165 Å². The highest BCUT2D eigenvalue weighted by molar-refractivity contribution is 6.31. The van der Waals surface area contributed by atoms with Gasteiger partial charge in [0.15, 0.2) is 0 Å². The van der Waals surface area contributed by atoms with Crippen molar-refractivity contribution >= 4 is 23.2 Å². The van der Waals surface area contributed by atoms with E-state index in [1.54, 1.807) is 25.3 Å². The largest absolute Gasteiger partial charge is 0.495 e. The zero-order chi connectivity index (χ0) is 19.2. The zero-order valence-electron chi connectivity index (χ0n) is 15.8. The Morgan fingerprint density at radius 1 is 1.15 bits per heavy atom. The van der Waals surface area contributed by atoms with Crippen LogP contribution in [0.3, 0.4) is 0 Å². The molecule has 27 heavy (non-hydrogen) atoms. The summed E-state index contributed by atoms with van der Waals surface area (Å²) < 4.78 is 5.30. The van der Waals surface area contributed by atoms with Gasteiger partial charge in [-0.05, 0) is 30.7 Å². The molecule has 0 aromatic heterocycles. The van der Waals surface area contributed by atoms with Gasteiger partial charge in [0, 0.05) is 37.7 Å². The fraction of sp³-hybridized carbons (Fsp3) is 0.381. The van der Waals surface area contributed by atoms with Crippen LogP contribution < -0.4 is 10.1 Å². The Bertz CT molecular complexity index is 761. The maximum Gasteiger partial charge on any atom is 0.241 e. The number of carbonyl (C=O) groups is 1. The van der Waals surface area contributed by atoms with Gasteiger partial charge in [-0.3, -0.25) is 14.6 Å². The number of halogens is 1. The first-order valence-corrected chi connectivity index (χ1v) is 9.59. The van der Waals surface area contributed by atoms with Gasteiger partial charge < -0.3 is 10.1 Å². The third-order valence-electron chi connectivity index (χ3n) is 5.00. The van der Waals surface area contributed by atoms with Gasteiger partial charge >= 0.3 is 0 Å². The van der Waals surface area contributed by atoms with Crippen LogP contribution in [0.2, 0.25) is 5.02 Å². The summed E-state index contributed by atoms with van der Waals surface area (Å²) in [5, 5.41) is 3.51. The first-order valence-electron chi connectivity index (χ1n) is 9.21. The lowest BCUT2D eigenvalue weighted by Gasteiger charge is -2.37. The van der Waals surface area contributed by atoms with Gasteiger partial charge in [0.25, 0.3) is 0 Å². The van der Waals surface area contributed by atoms with Gasteiger partial charge in [-0.15, -0.1) is 0 Å². The topological polar surface area (TPSA) is 44.8 Å². The van der Waals surface area contributed by atoms with E-state index in [-0.39, 0.29) is 11.9 Å². The van der Waals surface area contributed by atoms with Crippen LogP contribution in [0.5, 0.6) is 5.75 Å². The summed E-state index contributed by atoms with van der Waals surface area (Å²) in [6.07, 6.45) is 0. The van der Waals surface area contributed by atoms with Gasteiger partial charge in [-0.25, -0.2) is 0 Å². The molecule has 0 spiro atoms. The van der Waals surface area contributed by atoms with Crippen molar-refractivity contribution in [3.8, 4) is 5.75 Å². The third kappa shape index (κ3) is 5.22. The lowest BCUT2D eigenvalue weighted by molar-refractivity contribution is -0.121. The number of nitrogens with zero attached hydrogens (tertiary/aromatic N) is 2. The normalized spacial score (nSPS) is 16.7. The summed E-state index contributed by atoms with van der Waals surface area (Å²) in [6.45, 7) is 6.54. The summed E-state index contributed by atoms with van der Waals surface area (Å²) >= 11 is 6.05. The number of hydrogen-bond acceptors (Lipinski definition) is 4. The van der Waals surface area contributed by atoms with Crippen LogP contribution in [0.4, 0.5) is 5.69 Å². The molecule has 144 valence electrons. The molecule has 6 heteroatoms. The number of ether oxygens (including phenoxy) is 1. The number of benzene rings is 2. The van der Waals surface area contributed by atoms with E-state index < -0.39 is 0 Å². The molecule has 0 aliphatic carbocycles. The van der Waals surface area contributed by atoms with Gasteiger partial charge in [0.1, 0.15) is 5.75 Å². The molecular weight excluding hydrogens is 362 g/mol. The van der Waals surface area contributed by atoms with Crippen molar-refractivity contribution in [1.29, 1.82) is 0 Å². The van der Waals surface area contributed by atoms with E-state index in [1.807, 2.05) is 13.0 Å². The Hall–Kier alpha value is -2.08. The Balaban J connectivity index is 1.53. The maximum absolute atomic E-state index is 12.7. The van der Waals surface area contributed by atoms with E-state index in [2.05, 4.69) is 39.4 Å². The lowest BCUT2D eigenvalue weighted by Crippen LogP contribution is -2.52. The smallest absolute Gasteiger partial charge is 0.241 e. The van der Waals surface area contributed by atoms with Crippen molar-refractivity contribution in [1.82, 2.24) is 9.80 Å². The van der Waals surface area contributed by atoms with Crippen molar-refractivity contribution in [3.63, 3.8) is 0 Å². The van der Waals surface area contributed by atoms with Crippen molar-refractivity contribution < 1.29 is 9.53 Å². The molecule has 0 radical (unpaired) electrons. The molecule has 3 rings (SSSR count). The summed E-state index contributed by atoms with van der Waals surface area (Å²) in [4.78, 5) is 17.3. The van der Waals surface area contributed by atoms with Crippen molar-refractivity contribution in [2.45, 2.75) is 19.5 Å². The Kier molecular flexibility index (Phi) is 6.72. The van der Waals surface area contributed by atoms with E-state index in [0.717, 1.165) is 32.7 Å². The highest BCUT2D eigenvalue weighted by Crippen LogP contribution is 2.28. The fourth-order valence-electron chi connectivity index (χ4n) is 3.33. The van der Waals surface area contributed by atoms with E-state index >= 15 is 0 Å². The summed E-state index contributed by atoms with van der Waals surface area (Å²) in [5.41, 5.74) is 1.93. The zero-order valence-corrected chi connectivity index (χ0v) is 16.6. The van der Waals surface area contributed by atoms with Gasteiger partial charge in [0.05, 0.1) is 18.8 Å². The Morgan fingerprint density at radius 3 is 2.52 bits per heavy atom. The molecule has 0 unspecified atom stereocenters. The monoisotopic (exact) mass is 387 g/mol. The molecule has 0 bridgehead atoms. The first kappa shape index (κ1) is 19.7. The highest BCUT2D eigenvalue weighted by atomic mass is 35.5. The minimum Gasteiger partial charge on any atom is -0.495 e. The lowest BCUT2D eigenvalue weighted by atomic mass is 10.1. The predicted octanol–water partition coefficient (Wildman–Crippen LogP) is 3.49.